The Bertz CT molecular complexity index is 515. The Morgan fingerprint density at radius 3 is 2.75 bits per heavy atom. The standard InChI is InChI=1S/C15H18F2N2O/c1-2-3-14(18)15(20)19(12-6-7-12)9-10-4-5-11(16)8-13(10)17/h2,4-5,8,12,14H,1,3,6-7,9,18H2. The molecule has 1 amide bonds. The first kappa shape index (κ1) is 14.7. The van der Waals surface area contributed by atoms with Gasteiger partial charge in [0, 0.05) is 24.2 Å². The molecule has 1 aromatic rings. The monoisotopic (exact) mass is 280 g/mol. The zero-order valence-electron chi connectivity index (χ0n) is 11.2. The quantitative estimate of drug-likeness (QED) is 0.813. The maximum absolute atomic E-state index is 13.7. The van der Waals surface area contributed by atoms with Gasteiger partial charge in [-0.2, -0.15) is 0 Å². The molecule has 0 aliphatic heterocycles. The van der Waals surface area contributed by atoms with Crippen molar-refractivity contribution in [2.75, 3.05) is 0 Å². The number of carbonyl (C=O) groups is 1. The molecule has 1 aliphatic rings. The van der Waals surface area contributed by atoms with Gasteiger partial charge in [-0.25, -0.2) is 8.78 Å². The van der Waals surface area contributed by atoms with E-state index in [0.29, 0.717) is 12.0 Å². The second-order valence-electron chi connectivity index (χ2n) is 5.06. The van der Waals surface area contributed by atoms with Crippen LogP contribution in [-0.4, -0.2) is 22.9 Å². The molecule has 2 rings (SSSR count). The van der Waals surface area contributed by atoms with Gasteiger partial charge in [-0.15, -0.1) is 6.58 Å². The first-order valence-electron chi connectivity index (χ1n) is 6.63. The maximum atomic E-state index is 13.7. The smallest absolute Gasteiger partial charge is 0.240 e. The number of halogens is 2. The minimum atomic E-state index is -0.656. The van der Waals surface area contributed by atoms with Crippen LogP contribution in [0.25, 0.3) is 0 Å². The highest BCUT2D eigenvalue weighted by atomic mass is 19.1. The molecular weight excluding hydrogens is 262 g/mol. The Morgan fingerprint density at radius 1 is 1.50 bits per heavy atom. The molecule has 0 aromatic heterocycles. The molecule has 3 nitrogen and oxygen atoms in total. The molecule has 1 atom stereocenters. The van der Waals surface area contributed by atoms with Crippen molar-refractivity contribution < 1.29 is 13.6 Å². The summed E-state index contributed by atoms with van der Waals surface area (Å²) >= 11 is 0. The Morgan fingerprint density at radius 2 is 2.20 bits per heavy atom. The largest absolute Gasteiger partial charge is 0.334 e. The van der Waals surface area contributed by atoms with Crippen LogP contribution in [0.2, 0.25) is 0 Å². The Balaban J connectivity index is 2.13. The molecule has 108 valence electrons. The summed E-state index contributed by atoms with van der Waals surface area (Å²) < 4.78 is 26.6. The molecular formula is C15H18F2N2O. The Hall–Kier alpha value is -1.75. The average Bonchev–Trinajstić information content (AvgIpc) is 3.22. The van der Waals surface area contributed by atoms with E-state index in [1.54, 1.807) is 11.0 Å². The number of benzene rings is 1. The van der Waals surface area contributed by atoms with E-state index >= 15 is 0 Å². The molecule has 5 heteroatoms. The van der Waals surface area contributed by atoms with Crippen molar-refractivity contribution in [3.05, 3.63) is 48.1 Å². The van der Waals surface area contributed by atoms with Crippen molar-refractivity contribution >= 4 is 5.91 Å². The molecule has 0 radical (unpaired) electrons. The van der Waals surface area contributed by atoms with E-state index in [1.807, 2.05) is 0 Å². The fraction of sp³-hybridized carbons (Fsp3) is 0.400. The summed E-state index contributed by atoms with van der Waals surface area (Å²) in [5.74, 6) is -1.48. The maximum Gasteiger partial charge on any atom is 0.240 e. The number of nitrogens with zero attached hydrogens (tertiary/aromatic N) is 1. The van der Waals surface area contributed by atoms with E-state index in [0.717, 1.165) is 18.9 Å². The summed E-state index contributed by atoms with van der Waals surface area (Å²) in [6.45, 7) is 3.68. The molecule has 1 saturated carbocycles. The van der Waals surface area contributed by atoms with Gasteiger partial charge in [0.1, 0.15) is 11.6 Å². The summed E-state index contributed by atoms with van der Waals surface area (Å²) in [4.78, 5) is 13.8. The van der Waals surface area contributed by atoms with Crippen LogP contribution in [0.15, 0.2) is 30.9 Å². The lowest BCUT2D eigenvalue weighted by Gasteiger charge is -2.25. The van der Waals surface area contributed by atoms with Crippen LogP contribution in [0.5, 0.6) is 0 Å². The highest BCUT2D eigenvalue weighted by molar-refractivity contribution is 5.82. The molecule has 20 heavy (non-hydrogen) atoms. The first-order chi connectivity index (χ1) is 9.52. The van der Waals surface area contributed by atoms with Crippen molar-refractivity contribution in [3.8, 4) is 0 Å². The lowest BCUT2D eigenvalue weighted by atomic mass is 10.1. The van der Waals surface area contributed by atoms with Gasteiger partial charge in [-0.05, 0) is 25.3 Å². The van der Waals surface area contributed by atoms with Crippen molar-refractivity contribution in [1.29, 1.82) is 0 Å². The van der Waals surface area contributed by atoms with Gasteiger partial charge in [0.25, 0.3) is 0 Å². The van der Waals surface area contributed by atoms with Crippen LogP contribution in [0, 0.1) is 11.6 Å². The third kappa shape index (κ3) is 3.42. The van der Waals surface area contributed by atoms with Gasteiger partial charge < -0.3 is 10.6 Å². The minimum absolute atomic E-state index is 0.114. The number of hydrogen-bond donors (Lipinski definition) is 1. The number of rotatable bonds is 6. The average molecular weight is 280 g/mol. The summed E-state index contributed by atoms with van der Waals surface area (Å²) in [5, 5.41) is 0. The molecule has 1 fully saturated rings. The normalized spacial score (nSPS) is 15.8. The summed E-state index contributed by atoms with van der Waals surface area (Å²) in [7, 11) is 0. The van der Waals surface area contributed by atoms with Gasteiger partial charge in [-0.1, -0.05) is 12.1 Å². The Kier molecular flexibility index (Phi) is 4.49. The zero-order chi connectivity index (χ0) is 14.7. The van der Waals surface area contributed by atoms with Gasteiger partial charge in [0.2, 0.25) is 5.91 Å². The zero-order valence-corrected chi connectivity index (χ0v) is 11.2. The number of carbonyl (C=O) groups excluding carboxylic acids is 1. The predicted octanol–water partition coefficient (Wildman–Crippen LogP) is 2.36. The van der Waals surface area contributed by atoms with Gasteiger partial charge in [0.05, 0.1) is 6.04 Å². The highest BCUT2D eigenvalue weighted by Gasteiger charge is 2.34. The van der Waals surface area contributed by atoms with Crippen molar-refractivity contribution in [2.45, 2.75) is 37.9 Å². The molecule has 0 spiro atoms. The van der Waals surface area contributed by atoms with E-state index in [9.17, 15) is 13.6 Å². The van der Waals surface area contributed by atoms with Crippen LogP contribution < -0.4 is 5.73 Å². The molecule has 0 heterocycles. The first-order valence-corrected chi connectivity index (χ1v) is 6.63. The highest BCUT2D eigenvalue weighted by Crippen LogP contribution is 2.29. The number of hydrogen-bond acceptors (Lipinski definition) is 2. The predicted molar refractivity (Wildman–Crippen MR) is 72.7 cm³/mol. The summed E-state index contributed by atoms with van der Waals surface area (Å²) in [5.41, 5.74) is 6.10. The second-order valence-corrected chi connectivity index (χ2v) is 5.06. The third-order valence-corrected chi connectivity index (χ3v) is 3.36. The lowest BCUT2D eigenvalue weighted by molar-refractivity contribution is -0.133. The molecule has 1 unspecified atom stereocenters. The van der Waals surface area contributed by atoms with E-state index < -0.39 is 17.7 Å². The van der Waals surface area contributed by atoms with Crippen LogP contribution in [0.4, 0.5) is 8.78 Å². The molecule has 0 bridgehead atoms. The number of nitrogens with two attached hydrogens (primary N) is 1. The fourth-order valence-electron chi connectivity index (χ4n) is 2.10. The van der Waals surface area contributed by atoms with Crippen molar-refractivity contribution in [2.24, 2.45) is 5.73 Å². The van der Waals surface area contributed by atoms with Gasteiger partial charge >= 0.3 is 0 Å². The van der Waals surface area contributed by atoms with Crippen LogP contribution >= 0.6 is 0 Å². The van der Waals surface area contributed by atoms with Gasteiger partial charge in [-0.3, -0.25) is 4.79 Å². The lowest BCUT2D eigenvalue weighted by Crippen LogP contribution is -2.44. The van der Waals surface area contributed by atoms with E-state index in [1.165, 1.54) is 12.1 Å². The molecule has 0 saturated heterocycles. The topological polar surface area (TPSA) is 46.3 Å². The van der Waals surface area contributed by atoms with Crippen LogP contribution in [0.1, 0.15) is 24.8 Å². The van der Waals surface area contributed by atoms with Crippen LogP contribution in [-0.2, 0) is 11.3 Å². The fourth-order valence-corrected chi connectivity index (χ4v) is 2.10. The molecule has 1 aromatic carbocycles. The van der Waals surface area contributed by atoms with Crippen LogP contribution in [0.3, 0.4) is 0 Å². The summed E-state index contributed by atoms with van der Waals surface area (Å²) in [6.07, 6.45) is 3.77. The van der Waals surface area contributed by atoms with E-state index in [2.05, 4.69) is 6.58 Å². The van der Waals surface area contributed by atoms with Crippen molar-refractivity contribution in [1.82, 2.24) is 4.90 Å². The molecule has 1 aliphatic carbocycles. The van der Waals surface area contributed by atoms with E-state index in [4.69, 9.17) is 5.73 Å². The van der Waals surface area contributed by atoms with Gasteiger partial charge in [0.15, 0.2) is 0 Å². The third-order valence-electron chi connectivity index (χ3n) is 3.36. The number of amides is 1. The molecule has 2 N–H and O–H groups in total. The SMILES string of the molecule is C=CCC(N)C(=O)N(Cc1ccc(F)cc1F)C1CC1. The van der Waals surface area contributed by atoms with Crippen molar-refractivity contribution in [3.63, 3.8) is 0 Å². The summed E-state index contributed by atoms with van der Waals surface area (Å²) in [6, 6.07) is 2.85. The Labute approximate surface area is 117 Å². The minimum Gasteiger partial charge on any atom is -0.334 e. The van der Waals surface area contributed by atoms with E-state index in [-0.39, 0.29) is 18.5 Å². The second kappa shape index (κ2) is 6.13.